The number of aliphatic hydroxyl groups is 1. The fourth-order valence-electron chi connectivity index (χ4n) is 4.06. The zero-order chi connectivity index (χ0) is 20.9. The average Bonchev–Trinajstić information content (AvgIpc) is 3.12. The molecule has 0 aromatic carbocycles. The number of fused-ring (bicyclic) bond motifs is 3. The number of aliphatic hydroxyl groups excluding tert-OH is 1. The van der Waals surface area contributed by atoms with Gasteiger partial charge in [0.15, 0.2) is 17.5 Å². The highest BCUT2D eigenvalue weighted by Gasteiger charge is 2.63. The minimum atomic E-state index is -1.58. The maximum absolute atomic E-state index is 12.9. The highest BCUT2D eigenvalue weighted by atomic mass is 16.6. The molecule has 9 nitrogen and oxygen atoms in total. The molecule has 2 heterocycles. The lowest BCUT2D eigenvalue weighted by molar-refractivity contribution is -0.169. The zero-order valence-corrected chi connectivity index (χ0v) is 16.3. The molecule has 1 saturated carbocycles. The van der Waals surface area contributed by atoms with Gasteiger partial charge in [0.2, 0.25) is 0 Å². The van der Waals surface area contributed by atoms with Crippen molar-refractivity contribution in [2.75, 3.05) is 6.61 Å². The van der Waals surface area contributed by atoms with Crippen molar-refractivity contribution in [3.8, 4) is 0 Å². The summed E-state index contributed by atoms with van der Waals surface area (Å²) in [5, 5.41) is 9.71. The van der Waals surface area contributed by atoms with Crippen LogP contribution in [0.2, 0.25) is 0 Å². The minimum Gasteiger partial charge on any atom is -0.458 e. The average molecular weight is 396 g/mol. The monoisotopic (exact) mass is 396 g/mol. The standard InChI is InChI=1S/C19H24O9/c1-9(21)25-12-7-19(4,27-10(2)22)13(23)5-6-18(3)16(28-18)15-14(12)11(8-20)17(24)26-15/h12,15-16,20H,5-8H2,1-4H3. The van der Waals surface area contributed by atoms with Crippen LogP contribution >= 0.6 is 0 Å². The molecule has 1 saturated heterocycles. The predicted molar refractivity (Wildman–Crippen MR) is 91.9 cm³/mol. The molecule has 1 aliphatic carbocycles. The van der Waals surface area contributed by atoms with Crippen molar-refractivity contribution >= 4 is 23.7 Å². The number of ketones is 1. The highest BCUT2D eigenvalue weighted by molar-refractivity contribution is 5.94. The van der Waals surface area contributed by atoms with E-state index in [1.165, 1.54) is 20.8 Å². The first-order chi connectivity index (χ1) is 13.0. The van der Waals surface area contributed by atoms with Gasteiger partial charge in [-0.2, -0.15) is 0 Å². The zero-order valence-electron chi connectivity index (χ0n) is 16.3. The van der Waals surface area contributed by atoms with Crippen molar-refractivity contribution in [1.29, 1.82) is 0 Å². The molecule has 2 aliphatic heterocycles. The quantitative estimate of drug-likeness (QED) is 0.408. The van der Waals surface area contributed by atoms with Crippen molar-refractivity contribution in [3.05, 3.63) is 11.1 Å². The molecule has 5 unspecified atom stereocenters. The molecule has 2 fully saturated rings. The van der Waals surface area contributed by atoms with E-state index in [4.69, 9.17) is 18.9 Å². The minimum absolute atomic E-state index is 0.0349. The van der Waals surface area contributed by atoms with E-state index in [1.54, 1.807) is 6.92 Å². The van der Waals surface area contributed by atoms with Crippen molar-refractivity contribution in [1.82, 2.24) is 0 Å². The van der Waals surface area contributed by atoms with Crippen LogP contribution in [0.15, 0.2) is 11.1 Å². The van der Waals surface area contributed by atoms with Gasteiger partial charge in [0.1, 0.15) is 12.2 Å². The molecule has 28 heavy (non-hydrogen) atoms. The molecule has 5 atom stereocenters. The van der Waals surface area contributed by atoms with E-state index in [0.717, 1.165) is 0 Å². The van der Waals surface area contributed by atoms with E-state index in [-0.39, 0.29) is 29.8 Å². The van der Waals surface area contributed by atoms with Crippen molar-refractivity contribution in [2.24, 2.45) is 0 Å². The summed E-state index contributed by atoms with van der Waals surface area (Å²) in [4.78, 5) is 48.6. The fraction of sp³-hybridized carbons (Fsp3) is 0.684. The van der Waals surface area contributed by atoms with Gasteiger partial charge in [-0.25, -0.2) is 4.79 Å². The number of rotatable bonds is 3. The van der Waals surface area contributed by atoms with Gasteiger partial charge >= 0.3 is 17.9 Å². The highest BCUT2D eigenvalue weighted by Crippen LogP contribution is 2.49. The van der Waals surface area contributed by atoms with Gasteiger partial charge in [-0.3, -0.25) is 14.4 Å². The number of carbonyl (C=O) groups excluding carboxylic acids is 4. The lowest BCUT2D eigenvalue weighted by Crippen LogP contribution is -2.46. The molecule has 0 bridgehead atoms. The van der Waals surface area contributed by atoms with E-state index < -0.39 is 54.0 Å². The molecule has 3 rings (SSSR count). The number of Topliss-reactive ketones (excluding diaryl/α,β-unsaturated/α-hetero) is 1. The van der Waals surface area contributed by atoms with Crippen LogP contribution in [0.1, 0.15) is 47.0 Å². The van der Waals surface area contributed by atoms with Crippen LogP contribution in [0.3, 0.4) is 0 Å². The van der Waals surface area contributed by atoms with Gasteiger partial charge < -0.3 is 24.1 Å². The Morgan fingerprint density at radius 1 is 1.21 bits per heavy atom. The number of esters is 3. The lowest BCUT2D eigenvalue weighted by atomic mass is 9.80. The number of ether oxygens (including phenoxy) is 4. The Hall–Kier alpha value is -2.26. The maximum atomic E-state index is 12.9. The number of hydrogen-bond acceptors (Lipinski definition) is 9. The molecule has 0 spiro atoms. The van der Waals surface area contributed by atoms with Gasteiger partial charge in [-0.1, -0.05) is 0 Å². The Morgan fingerprint density at radius 3 is 2.46 bits per heavy atom. The van der Waals surface area contributed by atoms with Crippen LogP contribution < -0.4 is 0 Å². The molecule has 0 amide bonds. The van der Waals surface area contributed by atoms with E-state index in [2.05, 4.69) is 0 Å². The van der Waals surface area contributed by atoms with Gasteiger partial charge in [-0.15, -0.1) is 0 Å². The van der Waals surface area contributed by atoms with Crippen LogP contribution in [0, 0.1) is 0 Å². The smallest absolute Gasteiger partial charge is 0.337 e. The topological polar surface area (TPSA) is 129 Å². The van der Waals surface area contributed by atoms with Crippen LogP contribution in [0.25, 0.3) is 0 Å². The Labute approximate surface area is 161 Å². The molecule has 0 radical (unpaired) electrons. The molecule has 0 aromatic heterocycles. The van der Waals surface area contributed by atoms with E-state index in [9.17, 15) is 24.3 Å². The summed E-state index contributed by atoms with van der Waals surface area (Å²) in [5.74, 6) is -2.38. The van der Waals surface area contributed by atoms with Crippen LogP contribution in [0.4, 0.5) is 0 Å². The van der Waals surface area contributed by atoms with Crippen molar-refractivity contribution < 1.29 is 43.2 Å². The molecule has 9 heteroatoms. The summed E-state index contributed by atoms with van der Waals surface area (Å²) in [6.45, 7) is 4.99. The first kappa shape index (κ1) is 20.5. The lowest BCUT2D eigenvalue weighted by Gasteiger charge is -2.33. The van der Waals surface area contributed by atoms with Gasteiger partial charge in [0.05, 0.1) is 17.8 Å². The van der Waals surface area contributed by atoms with E-state index >= 15 is 0 Å². The van der Waals surface area contributed by atoms with E-state index in [1.807, 2.05) is 0 Å². The maximum Gasteiger partial charge on any atom is 0.337 e. The first-order valence-electron chi connectivity index (χ1n) is 9.13. The molecule has 3 aliphatic rings. The number of epoxide rings is 1. The Bertz CT molecular complexity index is 769. The third-order valence-corrected chi connectivity index (χ3v) is 5.55. The SMILES string of the molecule is CC(=O)OC1CC(C)(OC(C)=O)C(=O)CCC2(C)OC2C2OC(=O)C(CO)=C12. The Morgan fingerprint density at radius 2 is 1.89 bits per heavy atom. The Balaban J connectivity index is 2.11. The summed E-state index contributed by atoms with van der Waals surface area (Å²) < 4.78 is 21.9. The summed E-state index contributed by atoms with van der Waals surface area (Å²) >= 11 is 0. The summed E-state index contributed by atoms with van der Waals surface area (Å²) in [6, 6.07) is 0. The molecule has 1 N–H and O–H groups in total. The van der Waals surface area contributed by atoms with Gasteiger partial charge in [0.25, 0.3) is 0 Å². The van der Waals surface area contributed by atoms with Crippen molar-refractivity contribution in [2.45, 2.75) is 76.5 Å². The fourth-order valence-corrected chi connectivity index (χ4v) is 4.06. The van der Waals surface area contributed by atoms with Crippen LogP contribution in [-0.4, -0.2) is 64.9 Å². The summed E-state index contributed by atoms with van der Waals surface area (Å²) in [5.41, 5.74) is -2.07. The molecular formula is C19H24O9. The molecule has 154 valence electrons. The van der Waals surface area contributed by atoms with Gasteiger partial charge in [0, 0.05) is 32.3 Å². The largest absolute Gasteiger partial charge is 0.458 e. The van der Waals surface area contributed by atoms with Gasteiger partial charge in [-0.05, 0) is 20.3 Å². The summed E-state index contributed by atoms with van der Waals surface area (Å²) in [6.07, 6.45) is -2.23. The number of hydrogen-bond donors (Lipinski definition) is 1. The third kappa shape index (κ3) is 3.56. The van der Waals surface area contributed by atoms with Crippen molar-refractivity contribution in [3.63, 3.8) is 0 Å². The summed E-state index contributed by atoms with van der Waals surface area (Å²) in [7, 11) is 0. The van der Waals surface area contributed by atoms with Crippen LogP contribution in [0.5, 0.6) is 0 Å². The second-order valence-corrected chi connectivity index (χ2v) is 7.82. The molecule has 0 aromatic rings. The first-order valence-corrected chi connectivity index (χ1v) is 9.13. The second kappa shape index (κ2) is 6.97. The van der Waals surface area contributed by atoms with Crippen LogP contribution in [-0.2, 0) is 38.1 Å². The predicted octanol–water partition coefficient (Wildman–Crippen LogP) is 0.365. The molecular weight excluding hydrogens is 372 g/mol. The van der Waals surface area contributed by atoms with E-state index in [0.29, 0.717) is 6.42 Å². The Kier molecular flexibility index (Phi) is 5.09. The number of carbonyl (C=O) groups is 4. The normalized spacial score (nSPS) is 37.5. The third-order valence-electron chi connectivity index (χ3n) is 5.55. The second-order valence-electron chi connectivity index (χ2n) is 7.82.